The molecule has 0 heterocycles. The summed E-state index contributed by atoms with van der Waals surface area (Å²) in [6.07, 6.45) is 14.9. The largest absolute Gasteiger partial charge is 0.395 e. The highest BCUT2D eigenvalue weighted by Crippen LogP contribution is 2.59. The smallest absolute Gasteiger partial charge is 0.132 e. The summed E-state index contributed by atoms with van der Waals surface area (Å²) in [5.74, 6) is 0. The molecule has 0 unspecified atom stereocenters. The van der Waals surface area contributed by atoms with E-state index in [0.717, 1.165) is 30.4 Å². The van der Waals surface area contributed by atoms with Gasteiger partial charge in [-0.25, -0.2) is 0 Å². The molecule has 252 valence electrons. The Balaban J connectivity index is 1.68. The zero-order valence-corrected chi connectivity index (χ0v) is 28.4. The first-order valence-corrected chi connectivity index (χ1v) is 17.9. The maximum Gasteiger partial charge on any atom is 0.132 e. The fraction of sp³-hybridized carbons (Fsp3) is 0.442. The van der Waals surface area contributed by atoms with Crippen molar-refractivity contribution >= 4 is 0 Å². The van der Waals surface area contributed by atoms with Crippen molar-refractivity contribution in [1.29, 1.82) is 0 Å². The van der Waals surface area contributed by atoms with Gasteiger partial charge in [-0.1, -0.05) is 199 Å². The molecule has 4 aromatic carbocycles. The molecule has 4 heteroatoms. The van der Waals surface area contributed by atoms with Crippen molar-refractivity contribution in [2.75, 3.05) is 19.8 Å². The summed E-state index contributed by atoms with van der Waals surface area (Å²) in [6.45, 7) is 1.57. The molecule has 0 amide bonds. The molecule has 4 nitrogen and oxygen atoms in total. The maximum atomic E-state index is 13.3. The van der Waals surface area contributed by atoms with Gasteiger partial charge in [0.2, 0.25) is 0 Å². The zero-order valence-electron chi connectivity index (χ0n) is 28.4. The van der Waals surface area contributed by atoms with Crippen LogP contribution in [0.25, 0.3) is 0 Å². The standard InChI is InChI=1S/C43H56O4/c1-2-3-4-5-6-7-8-9-10-11-12-25-34-47-43(39-30-21-15-22-31-39,40-32-23-16-24-33-40)41(35-44,36-45)42(46,37-26-17-13-18-27-37)38-28-19-14-20-29-38/h13-24,26-33,44-46H,2-12,25,34-36H2,1H3. The number of unbranched alkanes of at least 4 members (excludes halogenated alkanes) is 11. The predicted molar refractivity (Wildman–Crippen MR) is 193 cm³/mol. The lowest BCUT2D eigenvalue weighted by Crippen LogP contribution is -2.64. The van der Waals surface area contributed by atoms with Crippen LogP contribution in [-0.2, 0) is 15.9 Å². The van der Waals surface area contributed by atoms with Gasteiger partial charge in [0.1, 0.15) is 11.2 Å². The fourth-order valence-electron chi connectivity index (χ4n) is 7.37. The van der Waals surface area contributed by atoms with E-state index in [0.29, 0.717) is 17.7 Å². The van der Waals surface area contributed by atoms with Crippen molar-refractivity contribution < 1.29 is 20.1 Å². The number of rotatable bonds is 22. The van der Waals surface area contributed by atoms with E-state index in [-0.39, 0.29) is 0 Å². The molecule has 0 aromatic heterocycles. The van der Waals surface area contributed by atoms with Crippen molar-refractivity contribution in [2.45, 2.75) is 95.2 Å². The number of benzene rings is 4. The van der Waals surface area contributed by atoms with Gasteiger partial charge in [0.25, 0.3) is 0 Å². The van der Waals surface area contributed by atoms with Crippen LogP contribution in [0.1, 0.15) is 106 Å². The summed E-state index contributed by atoms with van der Waals surface area (Å²) in [5, 5.41) is 36.7. The first kappa shape index (κ1) is 36.6. The normalized spacial score (nSPS) is 12.3. The summed E-state index contributed by atoms with van der Waals surface area (Å²) in [6, 6.07) is 38.4. The van der Waals surface area contributed by atoms with E-state index >= 15 is 0 Å². The van der Waals surface area contributed by atoms with Gasteiger partial charge in [-0.3, -0.25) is 0 Å². The van der Waals surface area contributed by atoms with Crippen LogP contribution in [0.4, 0.5) is 0 Å². The number of ether oxygens (including phenoxy) is 1. The minimum atomic E-state index is -1.85. The molecule has 0 fully saturated rings. The van der Waals surface area contributed by atoms with Gasteiger partial charge in [-0.05, 0) is 28.7 Å². The van der Waals surface area contributed by atoms with Crippen molar-refractivity contribution in [1.82, 2.24) is 0 Å². The quantitative estimate of drug-likeness (QED) is 0.0752. The molecule has 0 aliphatic heterocycles. The minimum absolute atomic E-state index is 0.405. The summed E-state index contributed by atoms with van der Waals surface area (Å²) in [5.41, 5.74) is -2.25. The van der Waals surface area contributed by atoms with Crippen molar-refractivity contribution in [2.24, 2.45) is 5.41 Å². The highest BCUT2D eigenvalue weighted by molar-refractivity contribution is 5.48. The van der Waals surface area contributed by atoms with Gasteiger partial charge >= 0.3 is 0 Å². The average molecular weight is 637 g/mol. The van der Waals surface area contributed by atoms with Gasteiger partial charge in [-0.2, -0.15) is 0 Å². The Morgan fingerprint density at radius 2 is 0.766 bits per heavy atom. The van der Waals surface area contributed by atoms with Crippen molar-refractivity contribution in [3.05, 3.63) is 144 Å². The Kier molecular flexibility index (Phi) is 14.7. The van der Waals surface area contributed by atoms with E-state index in [1.54, 1.807) is 0 Å². The third kappa shape index (κ3) is 8.24. The van der Waals surface area contributed by atoms with Gasteiger partial charge in [0, 0.05) is 6.61 Å². The lowest BCUT2D eigenvalue weighted by molar-refractivity contribution is -0.229. The number of hydrogen-bond acceptors (Lipinski definition) is 4. The minimum Gasteiger partial charge on any atom is -0.395 e. The van der Waals surface area contributed by atoms with Crippen LogP contribution in [-0.4, -0.2) is 35.1 Å². The Bertz CT molecular complexity index is 1290. The second-order valence-corrected chi connectivity index (χ2v) is 13.0. The third-order valence-electron chi connectivity index (χ3n) is 9.97. The molecule has 47 heavy (non-hydrogen) atoms. The summed E-state index contributed by atoms with van der Waals surface area (Å²) < 4.78 is 7.15. The average Bonchev–Trinajstić information content (AvgIpc) is 3.14. The lowest BCUT2D eigenvalue weighted by atomic mass is 9.53. The monoisotopic (exact) mass is 636 g/mol. The highest BCUT2D eigenvalue weighted by atomic mass is 16.5. The number of hydrogen-bond donors (Lipinski definition) is 3. The van der Waals surface area contributed by atoms with E-state index in [1.807, 2.05) is 121 Å². The Morgan fingerprint density at radius 1 is 0.447 bits per heavy atom. The molecular formula is C43H56O4. The van der Waals surface area contributed by atoms with Gasteiger partial charge < -0.3 is 20.1 Å². The second-order valence-electron chi connectivity index (χ2n) is 13.0. The van der Waals surface area contributed by atoms with Gasteiger partial charge in [-0.15, -0.1) is 0 Å². The van der Waals surface area contributed by atoms with E-state index in [9.17, 15) is 15.3 Å². The molecule has 0 saturated heterocycles. The molecule has 0 saturated carbocycles. The predicted octanol–water partition coefficient (Wildman–Crippen LogP) is 9.55. The molecule has 0 aliphatic rings. The molecule has 0 bridgehead atoms. The molecule has 4 aromatic rings. The van der Waals surface area contributed by atoms with Crippen LogP contribution in [0.3, 0.4) is 0 Å². The third-order valence-corrected chi connectivity index (χ3v) is 9.97. The first-order chi connectivity index (χ1) is 23.1. The topological polar surface area (TPSA) is 69.9 Å². The number of aliphatic hydroxyl groups is 3. The lowest BCUT2D eigenvalue weighted by Gasteiger charge is -2.57. The molecule has 0 atom stereocenters. The molecule has 0 aliphatic carbocycles. The molecule has 0 radical (unpaired) electrons. The fourth-order valence-corrected chi connectivity index (χ4v) is 7.37. The van der Waals surface area contributed by atoms with Crippen LogP contribution in [0.2, 0.25) is 0 Å². The van der Waals surface area contributed by atoms with Gasteiger partial charge in [0.15, 0.2) is 0 Å². The second kappa shape index (κ2) is 18.9. The SMILES string of the molecule is CCCCCCCCCCCCCCOC(c1ccccc1)(c1ccccc1)C(CO)(CO)C(O)(c1ccccc1)c1ccccc1. The summed E-state index contributed by atoms with van der Waals surface area (Å²) >= 11 is 0. The van der Waals surface area contributed by atoms with Crippen molar-refractivity contribution in [3.63, 3.8) is 0 Å². The molecule has 3 N–H and O–H groups in total. The van der Waals surface area contributed by atoms with Crippen LogP contribution in [0.5, 0.6) is 0 Å². The molecule has 4 rings (SSSR count). The van der Waals surface area contributed by atoms with E-state index < -0.39 is 29.8 Å². The van der Waals surface area contributed by atoms with Gasteiger partial charge in [0.05, 0.1) is 18.6 Å². The van der Waals surface area contributed by atoms with Crippen LogP contribution in [0, 0.1) is 5.41 Å². The molecular weight excluding hydrogens is 580 g/mol. The van der Waals surface area contributed by atoms with E-state index in [2.05, 4.69) is 6.92 Å². The number of aliphatic hydroxyl groups excluding tert-OH is 2. The zero-order chi connectivity index (χ0) is 33.3. The first-order valence-electron chi connectivity index (χ1n) is 17.9. The highest BCUT2D eigenvalue weighted by Gasteiger charge is 2.66. The Morgan fingerprint density at radius 3 is 1.11 bits per heavy atom. The van der Waals surface area contributed by atoms with E-state index in [4.69, 9.17) is 4.74 Å². The molecule has 0 spiro atoms. The van der Waals surface area contributed by atoms with Crippen LogP contribution in [0.15, 0.2) is 121 Å². The maximum absolute atomic E-state index is 13.3. The van der Waals surface area contributed by atoms with Crippen LogP contribution < -0.4 is 0 Å². The van der Waals surface area contributed by atoms with Crippen LogP contribution >= 0.6 is 0 Å². The summed E-state index contributed by atoms with van der Waals surface area (Å²) in [7, 11) is 0. The van der Waals surface area contributed by atoms with E-state index in [1.165, 1.54) is 57.8 Å². The van der Waals surface area contributed by atoms with Crippen molar-refractivity contribution in [3.8, 4) is 0 Å². The Labute approximate surface area is 283 Å². The Hall–Kier alpha value is -3.28. The summed E-state index contributed by atoms with van der Waals surface area (Å²) in [4.78, 5) is 0.